The van der Waals surface area contributed by atoms with Crippen molar-refractivity contribution >= 4 is 35.2 Å². The van der Waals surface area contributed by atoms with Crippen LogP contribution < -0.4 is 32.7 Å². The number of aliphatic hydroxyl groups is 6. The Morgan fingerprint density at radius 3 is 0.870 bits per heavy atom. The van der Waals surface area contributed by atoms with Crippen LogP contribution in [0.4, 0.5) is 0 Å². The third-order valence-electron chi connectivity index (χ3n) is 13.0. The number of aliphatic hydroxyl groups excluding tert-OH is 6. The molecule has 556 valence electrons. The van der Waals surface area contributed by atoms with E-state index in [-0.39, 0.29) is 121 Å². The van der Waals surface area contributed by atoms with E-state index in [0.717, 1.165) is 0 Å². The van der Waals surface area contributed by atoms with E-state index < -0.39 is 71.8 Å². The number of nitrogens with zero attached hydrogens (tertiary/aromatic N) is 4. The highest BCUT2D eigenvalue weighted by Crippen LogP contribution is 2.11. The second-order valence-corrected chi connectivity index (χ2v) is 33.5. The van der Waals surface area contributed by atoms with Crippen molar-refractivity contribution in [1.29, 1.82) is 0 Å². The molecule has 0 aliphatic rings. The predicted octanol–water partition coefficient (Wildman–Crippen LogP) is -9.46. The van der Waals surface area contributed by atoms with E-state index in [4.69, 9.17) is 97.4 Å². The maximum Gasteiger partial charge on any atom is 0.492 e. The zero-order chi connectivity index (χ0) is 70.1. The number of ether oxygens (including phenoxy) is 6. The van der Waals surface area contributed by atoms with Gasteiger partial charge < -0.3 is 149 Å². The molecular weight excluding hydrogens is 1280 g/mol. The normalized spacial score (nSPS) is 15.2. The summed E-state index contributed by atoms with van der Waals surface area (Å²) in [6.07, 6.45) is -3.35. The van der Waals surface area contributed by atoms with Crippen molar-refractivity contribution in [2.75, 3.05) is 210 Å². The van der Waals surface area contributed by atoms with E-state index >= 15 is 0 Å². The molecule has 38 heteroatoms. The van der Waals surface area contributed by atoms with Gasteiger partial charge in [0.15, 0.2) is 0 Å². The number of nitrogens with two attached hydrogens (primary N) is 2. The highest BCUT2D eigenvalue weighted by atomic mass is 28.4. The summed E-state index contributed by atoms with van der Waals surface area (Å²) in [5.74, 6) is 0. The van der Waals surface area contributed by atoms with Gasteiger partial charge in [0, 0.05) is 195 Å². The molecule has 0 aromatic carbocycles. The largest absolute Gasteiger partial charge is 0.492 e. The first-order valence-corrected chi connectivity index (χ1v) is 40.5. The van der Waals surface area contributed by atoms with Crippen LogP contribution in [0.25, 0.3) is 0 Å². The maximum atomic E-state index is 10.6. The van der Waals surface area contributed by atoms with Gasteiger partial charge in [-0.25, -0.2) is 0 Å². The minimum Gasteiger partial charge on any atom is -0.390 e. The van der Waals surface area contributed by atoms with Crippen molar-refractivity contribution in [2.24, 2.45) is 11.5 Å². The molecule has 0 heterocycles. The lowest BCUT2D eigenvalue weighted by molar-refractivity contribution is -0.0601. The summed E-state index contributed by atoms with van der Waals surface area (Å²) in [4.78, 5) is 116. The molecule has 0 aromatic heterocycles. The second-order valence-electron chi connectivity index (χ2n) is 25.3. The van der Waals surface area contributed by atoms with Gasteiger partial charge in [-0.05, 0) is 67.2 Å². The standard InChI is InChI=1S/2C27H65N5O12Si2/c1-27(2,3)44-23-26(35)20-32(19-25(34)22-43-15-5-17-46(39,40)41)13-10-30-8-7-29-9-12-31(11-6-28)18-24(33)21-42-14-4-16-45(36,37)38;1-27(2,3)44-23-26(35)20-32(11-9-29-7-8-30-18-24(33)21-42-14-4-16-45(36,37)38)13-12-31(10-6-28)19-25(34)22-43-15-5-17-46(39,40)41/h2*24-26,29-30,33-41H,4-23,28H2,1-3H3. The number of hydrogen-bond acceptors (Lipinski definition) is 34. The Balaban J connectivity index is 0. The number of hydrogen-bond donors (Lipinski definition) is 24. The molecule has 0 aliphatic carbocycles. The highest BCUT2D eigenvalue weighted by Gasteiger charge is 2.29. The first kappa shape index (κ1) is 93.6. The maximum absolute atomic E-state index is 10.6. The summed E-state index contributed by atoms with van der Waals surface area (Å²) in [5.41, 5.74) is 10.8. The first-order chi connectivity index (χ1) is 42.8. The van der Waals surface area contributed by atoms with Gasteiger partial charge in [0.05, 0.1) is 87.5 Å². The average molecular weight is 1420 g/mol. The first-order valence-electron chi connectivity index (χ1n) is 32.3. The van der Waals surface area contributed by atoms with Crippen molar-refractivity contribution < 1.29 is 117 Å². The fourth-order valence-corrected chi connectivity index (χ4v) is 11.0. The Bertz CT molecular complexity index is 1670. The summed E-state index contributed by atoms with van der Waals surface area (Å²) in [5, 5.41) is 75.5. The molecule has 0 bridgehead atoms. The summed E-state index contributed by atoms with van der Waals surface area (Å²) >= 11 is 0. The molecule has 0 aliphatic heterocycles. The van der Waals surface area contributed by atoms with Crippen LogP contribution in [0.2, 0.25) is 24.2 Å². The molecule has 0 rings (SSSR count). The van der Waals surface area contributed by atoms with Gasteiger partial charge in [-0.2, -0.15) is 0 Å². The Morgan fingerprint density at radius 1 is 0.326 bits per heavy atom. The van der Waals surface area contributed by atoms with Crippen LogP contribution in [0.15, 0.2) is 0 Å². The molecule has 92 heavy (non-hydrogen) atoms. The summed E-state index contributed by atoms with van der Waals surface area (Å²) < 4.78 is 32.9. The smallest absolute Gasteiger partial charge is 0.390 e. The minimum absolute atomic E-state index is 0.0340. The van der Waals surface area contributed by atoms with Gasteiger partial charge in [-0.15, -0.1) is 0 Å². The molecule has 0 spiro atoms. The lowest BCUT2D eigenvalue weighted by Crippen LogP contribution is -2.46. The van der Waals surface area contributed by atoms with Crippen LogP contribution in [0, 0.1) is 0 Å². The van der Waals surface area contributed by atoms with Crippen LogP contribution in [0.3, 0.4) is 0 Å². The molecule has 0 aromatic rings. The zero-order valence-corrected chi connectivity index (χ0v) is 60.2. The lowest BCUT2D eigenvalue weighted by Gasteiger charge is -2.31. The van der Waals surface area contributed by atoms with Gasteiger partial charge in [-0.1, -0.05) is 0 Å². The Morgan fingerprint density at radius 2 is 0.576 bits per heavy atom. The molecule has 6 atom stereocenters. The number of rotatable bonds is 62. The Hall–Kier alpha value is -0.492. The van der Waals surface area contributed by atoms with Crippen molar-refractivity contribution in [1.82, 2.24) is 40.9 Å². The molecule has 34 nitrogen and oxygen atoms in total. The van der Waals surface area contributed by atoms with E-state index in [9.17, 15) is 30.6 Å². The van der Waals surface area contributed by atoms with Gasteiger partial charge in [0.1, 0.15) is 0 Å². The van der Waals surface area contributed by atoms with Gasteiger partial charge in [-0.3, -0.25) is 19.6 Å². The Kier molecular flexibility index (Phi) is 55.3. The van der Waals surface area contributed by atoms with Crippen LogP contribution in [0.5, 0.6) is 0 Å². The Labute approximate surface area is 551 Å². The lowest BCUT2D eigenvalue weighted by atomic mass is 10.2. The van der Waals surface area contributed by atoms with Crippen molar-refractivity contribution in [3.8, 4) is 0 Å². The van der Waals surface area contributed by atoms with Crippen LogP contribution in [-0.4, -0.2) is 401 Å². The molecule has 6 unspecified atom stereocenters. The van der Waals surface area contributed by atoms with Crippen molar-refractivity contribution in [2.45, 2.75) is 139 Å². The summed E-state index contributed by atoms with van der Waals surface area (Å²) in [6.45, 7) is 24.7. The summed E-state index contributed by atoms with van der Waals surface area (Å²) in [6, 6.07) is -0.460. The molecule has 0 radical (unpaired) electrons. The number of nitrogens with one attached hydrogen (secondary N) is 4. The fourth-order valence-electron chi connectivity index (χ4n) is 8.53. The minimum atomic E-state index is -4.09. The van der Waals surface area contributed by atoms with Crippen LogP contribution in [-0.2, 0) is 28.4 Å². The van der Waals surface area contributed by atoms with E-state index in [1.165, 1.54) is 0 Å². The van der Waals surface area contributed by atoms with Crippen molar-refractivity contribution in [3.05, 3.63) is 0 Å². The second kappa shape index (κ2) is 54.3. The predicted molar refractivity (Wildman–Crippen MR) is 353 cm³/mol. The van der Waals surface area contributed by atoms with E-state index in [2.05, 4.69) is 26.2 Å². The SMILES string of the molecule is CC(C)(C)OCC(O)CN(CCNCCNCC(O)COCCC[Si](O)(O)O)CCN(CCN)CC(O)COCCC[Si](O)(O)O.CC(C)(C)OCC(O)CN(CCNCCNCCN(CCN)CC(O)COCCC[Si](O)(O)O)CC(O)COCCC[Si](O)(O)O. The quantitative estimate of drug-likeness (QED) is 0.0199. The monoisotopic (exact) mass is 1410 g/mol. The van der Waals surface area contributed by atoms with Crippen LogP contribution >= 0.6 is 0 Å². The topological polar surface area (TPSA) is 533 Å². The van der Waals surface area contributed by atoms with Crippen molar-refractivity contribution in [3.63, 3.8) is 0 Å². The molecule has 0 saturated carbocycles. The molecule has 0 amide bonds. The van der Waals surface area contributed by atoms with Gasteiger partial charge >= 0.3 is 35.2 Å². The van der Waals surface area contributed by atoms with E-state index in [0.29, 0.717) is 150 Å². The molecule has 0 saturated heterocycles. The molecule has 0 fully saturated rings. The third kappa shape index (κ3) is 70.8. The highest BCUT2D eigenvalue weighted by molar-refractivity contribution is 6.57. The van der Waals surface area contributed by atoms with Gasteiger partial charge in [0.25, 0.3) is 0 Å². The van der Waals surface area contributed by atoms with Crippen LogP contribution in [0.1, 0.15) is 67.2 Å². The average Bonchev–Trinajstić information content (AvgIpc) is 1.66. The van der Waals surface area contributed by atoms with E-state index in [1.807, 2.05) is 56.2 Å². The zero-order valence-electron chi connectivity index (χ0n) is 56.2. The third-order valence-corrected chi connectivity index (χ3v) is 17.1. The van der Waals surface area contributed by atoms with Gasteiger partial charge in [0.2, 0.25) is 0 Å². The molecule has 26 N–H and O–H groups in total. The molecular formula is C54H130N10O24Si4. The fraction of sp³-hybridized carbons (Fsp3) is 1.00. The van der Waals surface area contributed by atoms with E-state index in [1.54, 1.807) is 0 Å². The summed E-state index contributed by atoms with van der Waals surface area (Å²) in [7, 11) is -16.3.